The van der Waals surface area contributed by atoms with Crippen molar-refractivity contribution in [3.63, 3.8) is 0 Å². The minimum Gasteiger partial charge on any atom is -0.485 e. The van der Waals surface area contributed by atoms with Crippen LogP contribution in [0.5, 0.6) is 17.2 Å². The van der Waals surface area contributed by atoms with Crippen LogP contribution in [0, 0.1) is 0 Å². The van der Waals surface area contributed by atoms with Gasteiger partial charge in [-0.25, -0.2) is 0 Å². The number of hydrogen-bond acceptors (Lipinski definition) is 7. The number of rotatable bonds is 10. The molecule has 1 unspecified atom stereocenters. The molecule has 7 nitrogen and oxygen atoms in total. The summed E-state index contributed by atoms with van der Waals surface area (Å²) in [5.74, 6) is -1.28. The lowest BCUT2D eigenvalue weighted by molar-refractivity contribution is -0.274. The molecule has 0 saturated carbocycles. The Bertz CT molecular complexity index is 1430. The van der Waals surface area contributed by atoms with Crippen molar-refractivity contribution in [3.05, 3.63) is 94.4 Å². The highest BCUT2D eigenvalue weighted by Crippen LogP contribution is 2.37. The fourth-order valence-corrected chi connectivity index (χ4v) is 4.93. The van der Waals surface area contributed by atoms with E-state index in [1.165, 1.54) is 24.3 Å². The van der Waals surface area contributed by atoms with Crippen molar-refractivity contribution in [2.45, 2.75) is 26.0 Å². The van der Waals surface area contributed by atoms with Crippen LogP contribution in [0.4, 0.5) is 13.2 Å². The van der Waals surface area contributed by atoms with Crippen LogP contribution in [0.2, 0.25) is 0 Å². The zero-order chi connectivity index (χ0) is 28.9. The van der Waals surface area contributed by atoms with Crippen LogP contribution in [0.25, 0.3) is 6.08 Å². The average molecular weight is 590 g/mol. The average Bonchev–Trinajstić information content (AvgIpc) is 3.15. The molecule has 3 aromatic carbocycles. The molecule has 40 heavy (non-hydrogen) atoms. The number of thiocarbonyl (C=S) groups is 1. The monoisotopic (exact) mass is 589 g/mol. The lowest BCUT2D eigenvalue weighted by atomic mass is 10.1. The third-order valence-electron chi connectivity index (χ3n) is 5.56. The Morgan fingerprint density at radius 2 is 1.77 bits per heavy atom. The summed E-state index contributed by atoms with van der Waals surface area (Å²) in [4.78, 5) is 25.1. The Labute approximate surface area is 237 Å². The standard InChI is InChI=1S/C28H22F3NO6S2/c1-17(20-5-3-2-4-6-20)37-23-13-19(14-24-26(35)32(15-25(33)34)27(39)40-24)9-12-22(23)36-16-18-7-10-21(11-8-18)38-28(29,30)31/h2-14,17H,15-16H2,1H3,(H,33,34). The van der Waals surface area contributed by atoms with Crippen LogP contribution in [0.1, 0.15) is 29.7 Å². The zero-order valence-electron chi connectivity index (χ0n) is 20.9. The van der Waals surface area contributed by atoms with Gasteiger partial charge in [-0.1, -0.05) is 72.5 Å². The van der Waals surface area contributed by atoms with E-state index in [0.29, 0.717) is 22.6 Å². The van der Waals surface area contributed by atoms with Crippen molar-refractivity contribution in [1.29, 1.82) is 0 Å². The van der Waals surface area contributed by atoms with Crippen molar-refractivity contribution in [1.82, 2.24) is 4.90 Å². The van der Waals surface area contributed by atoms with Gasteiger partial charge in [0, 0.05) is 0 Å². The van der Waals surface area contributed by atoms with Crippen LogP contribution in [0.3, 0.4) is 0 Å². The smallest absolute Gasteiger partial charge is 0.485 e. The van der Waals surface area contributed by atoms with Gasteiger partial charge in [0.1, 0.15) is 29.3 Å². The molecular weight excluding hydrogens is 567 g/mol. The first-order valence-corrected chi connectivity index (χ1v) is 13.0. The van der Waals surface area contributed by atoms with Crippen LogP contribution < -0.4 is 14.2 Å². The highest BCUT2D eigenvalue weighted by molar-refractivity contribution is 8.26. The molecular formula is C28H22F3NO6S2. The van der Waals surface area contributed by atoms with Crippen molar-refractivity contribution in [2.24, 2.45) is 0 Å². The summed E-state index contributed by atoms with van der Waals surface area (Å²) in [6, 6.07) is 19.8. The molecule has 3 aromatic rings. The number of amides is 1. The number of carboxylic acid groups (broad SMARTS) is 1. The lowest BCUT2D eigenvalue weighted by Gasteiger charge is -2.19. The summed E-state index contributed by atoms with van der Waals surface area (Å²) < 4.78 is 53.5. The number of alkyl halides is 3. The van der Waals surface area contributed by atoms with Crippen LogP contribution in [-0.2, 0) is 16.2 Å². The summed E-state index contributed by atoms with van der Waals surface area (Å²) in [5, 5.41) is 9.06. The highest BCUT2D eigenvalue weighted by atomic mass is 32.2. The molecule has 1 aliphatic heterocycles. The van der Waals surface area contributed by atoms with Gasteiger partial charge in [-0.05, 0) is 54.0 Å². The van der Waals surface area contributed by atoms with Gasteiger partial charge in [-0.3, -0.25) is 14.5 Å². The number of ether oxygens (including phenoxy) is 3. The fourth-order valence-electron chi connectivity index (χ4n) is 3.68. The van der Waals surface area contributed by atoms with E-state index >= 15 is 0 Å². The first-order valence-electron chi connectivity index (χ1n) is 11.8. The minimum atomic E-state index is -4.78. The van der Waals surface area contributed by atoms with Crippen molar-refractivity contribution >= 4 is 46.3 Å². The Morgan fingerprint density at radius 3 is 2.42 bits per heavy atom. The quantitative estimate of drug-likeness (QED) is 0.210. The molecule has 1 N–H and O–H groups in total. The Morgan fingerprint density at radius 1 is 1.07 bits per heavy atom. The van der Waals surface area contributed by atoms with Crippen LogP contribution in [-0.4, -0.2) is 39.1 Å². The number of hydrogen-bond donors (Lipinski definition) is 1. The van der Waals surface area contributed by atoms with Gasteiger partial charge in [0.15, 0.2) is 11.5 Å². The predicted octanol–water partition coefficient (Wildman–Crippen LogP) is 6.59. The summed E-state index contributed by atoms with van der Waals surface area (Å²) in [6.45, 7) is 1.37. The number of benzene rings is 3. The first-order chi connectivity index (χ1) is 19.0. The van der Waals surface area contributed by atoms with Gasteiger partial charge >= 0.3 is 12.3 Å². The molecule has 1 fully saturated rings. The number of thioether (sulfide) groups is 1. The highest BCUT2D eigenvalue weighted by Gasteiger charge is 2.33. The van der Waals surface area contributed by atoms with E-state index in [4.69, 9.17) is 26.8 Å². The Balaban J connectivity index is 1.56. The third-order valence-corrected chi connectivity index (χ3v) is 6.93. The van der Waals surface area contributed by atoms with E-state index in [1.807, 2.05) is 37.3 Å². The van der Waals surface area contributed by atoms with E-state index in [-0.39, 0.29) is 27.7 Å². The number of carboxylic acids is 1. The summed E-state index contributed by atoms with van der Waals surface area (Å²) in [6.07, 6.45) is -3.56. The third kappa shape index (κ3) is 7.76. The van der Waals surface area contributed by atoms with E-state index in [2.05, 4.69) is 4.74 Å². The number of carbonyl (C=O) groups is 2. The molecule has 1 heterocycles. The molecule has 208 valence electrons. The summed E-state index contributed by atoms with van der Waals surface area (Å²) >= 11 is 6.16. The van der Waals surface area contributed by atoms with Gasteiger partial charge in [0.05, 0.1) is 4.91 Å². The molecule has 0 spiro atoms. The predicted molar refractivity (Wildman–Crippen MR) is 147 cm³/mol. The number of aliphatic carboxylic acids is 1. The van der Waals surface area contributed by atoms with E-state index < -0.39 is 24.8 Å². The molecule has 1 saturated heterocycles. The van der Waals surface area contributed by atoms with Gasteiger partial charge in [-0.2, -0.15) is 0 Å². The minimum absolute atomic E-state index is 0.0373. The number of carbonyl (C=O) groups excluding carboxylic acids is 1. The Hall–Kier alpha value is -4.03. The number of halogens is 3. The topological polar surface area (TPSA) is 85.3 Å². The van der Waals surface area contributed by atoms with Crippen molar-refractivity contribution in [3.8, 4) is 17.2 Å². The lowest BCUT2D eigenvalue weighted by Crippen LogP contribution is -2.33. The largest absolute Gasteiger partial charge is 0.573 e. The second-order valence-corrected chi connectivity index (χ2v) is 10.2. The van der Waals surface area contributed by atoms with Crippen LogP contribution in [0.15, 0.2) is 77.7 Å². The number of nitrogens with zero attached hydrogens (tertiary/aromatic N) is 1. The molecule has 0 aromatic heterocycles. The second-order valence-electron chi connectivity index (χ2n) is 8.52. The normalized spacial score (nSPS) is 15.3. The molecule has 1 aliphatic rings. The van der Waals surface area contributed by atoms with Crippen molar-refractivity contribution < 1.29 is 42.1 Å². The molecule has 0 aliphatic carbocycles. The van der Waals surface area contributed by atoms with Gasteiger partial charge in [0.25, 0.3) is 5.91 Å². The summed E-state index contributed by atoms with van der Waals surface area (Å²) in [5.41, 5.74) is 2.10. The second kappa shape index (κ2) is 12.4. The maximum atomic E-state index is 12.7. The van der Waals surface area contributed by atoms with Crippen molar-refractivity contribution in [2.75, 3.05) is 6.54 Å². The fraction of sp³-hybridized carbons (Fsp3) is 0.179. The van der Waals surface area contributed by atoms with E-state index in [0.717, 1.165) is 22.2 Å². The maximum Gasteiger partial charge on any atom is 0.573 e. The van der Waals surface area contributed by atoms with E-state index in [9.17, 15) is 22.8 Å². The molecule has 0 radical (unpaired) electrons. The Kier molecular flexibility index (Phi) is 9.00. The van der Waals surface area contributed by atoms with Gasteiger partial charge < -0.3 is 19.3 Å². The van der Waals surface area contributed by atoms with Gasteiger partial charge in [-0.15, -0.1) is 13.2 Å². The first kappa shape index (κ1) is 29.0. The zero-order valence-corrected chi connectivity index (χ0v) is 22.5. The molecule has 12 heteroatoms. The SMILES string of the molecule is CC(Oc1cc(C=C2SC(=S)N(CC(=O)O)C2=O)ccc1OCc1ccc(OC(F)(F)F)cc1)c1ccccc1. The van der Waals surface area contributed by atoms with E-state index in [1.54, 1.807) is 24.3 Å². The maximum absolute atomic E-state index is 12.7. The molecule has 0 bridgehead atoms. The van der Waals surface area contributed by atoms with Crippen LogP contribution >= 0.6 is 24.0 Å². The molecule has 1 amide bonds. The van der Waals surface area contributed by atoms with Gasteiger partial charge in [0.2, 0.25) is 0 Å². The molecule has 1 atom stereocenters. The molecule has 4 rings (SSSR count). The summed E-state index contributed by atoms with van der Waals surface area (Å²) in [7, 11) is 0.